The second kappa shape index (κ2) is 8.79. The van der Waals surface area contributed by atoms with Gasteiger partial charge in [-0.15, -0.1) is 10.2 Å². The lowest BCUT2D eigenvalue weighted by Crippen LogP contribution is -2.37. The number of nitrogens with zero attached hydrogens (tertiary/aromatic N) is 4. The van der Waals surface area contributed by atoms with Crippen LogP contribution in [0.3, 0.4) is 0 Å². The van der Waals surface area contributed by atoms with Crippen LogP contribution in [-0.4, -0.2) is 25.9 Å². The third-order valence-electron chi connectivity index (χ3n) is 6.02. The molecule has 3 aromatic carbocycles. The zero-order chi connectivity index (χ0) is 23.7. The molecule has 170 valence electrons. The number of carbonyl (C=O) groups is 1. The molecule has 0 aliphatic carbocycles. The number of aromatic nitrogens is 4. The van der Waals surface area contributed by atoms with E-state index in [2.05, 4.69) is 26.7 Å². The molecule has 0 saturated heterocycles. The van der Waals surface area contributed by atoms with Gasteiger partial charge in [0.1, 0.15) is 11.3 Å². The number of halogens is 1. The molecule has 2 aromatic heterocycles. The van der Waals surface area contributed by atoms with Crippen LogP contribution in [0.1, 0.15) is 30.9 Å². The van der Waals surface area contributed by atoms with Crippen molar-refractivity contribution in [1.82, 2.24) is 20.0 Å². The Morgan fingerprint density at radius 1 is 1.03 bits per heavy atom. The van der Waals surface area contributed by atoms with Crippen LogP contribution in [0.15, 0.2) is 84.5 Å². The lowest BCUT2D eigenvalue weighted by Gasteiger charge is -2.33. The van der Waals surface area contributed by atoms with Crippen molar-refractivity contribution >= 4 is 33.3 Å². The Labute approximate surface area is 200 Å². The van der Waals surface area contributed by atoms with E-state index in [9.17, 15) is 9.18 Å². The molecule has 1 atom stereocenters. The molecule has 1 N–H and O–H groups in total. The number of fused-ring (bicyclic) bond motifs is 1. The molecule has 0 saturated carbocycles. The van der Waals surface area contributed by atoms with E-state index in [1.54, 1.807) is 28.5 Å². The van der Waals surface area contributed by atoms with Gasteiger partial charge in [0.05, 0.1) is 22.8 Å². The molecular weight excluding hydrogens is 449 g/mol. The van der Waals surface area contributed by atoms with Crippen LogP contribution in [0.25, 0.3) is 16.6 Å². The lowest BCUT2D eigenvalue weighted by molar-refractivity contribution is -0.124. The molecule has 0 aliphatic rings. The highest BCUT2D eigenvalue weighted by Gasteiger charge is 2.39. The van der Waals surface area contributed by atoms with Crippen molar-refractivity contribution in [1.29, 1.82) is 0 Å². The Bertz CT molecular complexity index is 1430. The minimum Gasteiger partial charge on any atom is -0.300 e. The number of hydrogen-bond donors (Lipinski definition) is 1. The summed E-state index contributed by atoms with van der Waals surface area (Å²) in [6.07, 6.45) is 1.79. The predicted octanol–water partition coefficient (Wildman–Crippen LogP) is 5.81. The van der Waals surface area contributed by atoms with E-state index in [1.165, 1.54) is 23.5 Å². The van der Waals surface area contributed by atoms with Crippen LogP contribution in [0.2, 0.25) is 0 Å². The summed E-state index contributed by atoms with van der Waals surface area (Å²) in [5.74, 6) is -0.650. The molecule has 0 spiro atoms. The first-order chi connectivity index (χ1) is 16.4. The van der Waals surface area contributed by atoms with Gasteiger partial charge >= 0.3 is 0 Å². The molecule has 0 aliphatic heterocycles. The number of rotatable bonds is 6. The summed E-state index contributed by atoms with van der Waals surface area (Å²) in [4.78, 5) is 13.4. The van der Waals surface area contributed by atoms with Crippen LogP contribution in [-0.2, 0) is 4.79 Å². The Kier molecular flexibility index (Phi) is 5.67. The molecule has 0 bridgehead atoms. The van der Waals surface area contributed by atoms with E-state index in [0.717, 1.165) is 27.7 Å². The van der Waals surface area contributed by atoms with Crippen molar-refractivity contribution in [3.05, 3.63) is 101 Å². The second-order valence-electron chi connectivity index (χ2n) is 8.61. The van der Waals surface area contributed by atoms with Crippen LogP contribution in [0.4, 0.5) is 9.52 Å². The molecular formula is C26H22FN5OS. The lowest BCUT2D eigenvalue weighted by atomic mass is 9.70. The molecule has 8 heteroatoms. The van der Waals surface area contributed by atoms with Crippen molar-refractivity contribution in [3.8, 4) is 5.69 Å². The largest absolute Gasteiger partial charge is 0.300 e. The Balaban J connectivity index is 1.57. The number of amides is 1. The van der Waals surface area contributed by atoms with E-state index in [1.807, 2.05) is 56.3 Å². The standard InChI is InChI=1S/C26H22FN5OS/c1-26(2,24(33)30-25-31-28-16-34-25)23(17-6-4-3-5-7-17)18-8-13-22-19(14-18)15-29-32(22)21-11-9-20(27)10-12-21/h3-16,23H,1-2H3,(H,30,31,33)/t23-/m1/s1. The number of anilines is 1. The first kappa shape index (κ1) is 21.9. The molecule has 2 heterocycles. The number of carbonyl (C=O) groups excluding carboxylic acids is 1. The quantitative estimate of drug-likeness (QED) is 0.339. The Morgan fingerprint density at radius 3 is 2.50 bits per heavy atom. The molecule has 34 heavy (non-hydrogen) atoms. The van der Waals surface area contributed by atoms with E-state index in [-0.39, 0.29) is 17.6 Å². The van der Waals surface area contributed by atoms with E-state index < -0.39 is 5.41 Å². The van der Waals surface area contributed by atoms with Gasteiger partial charge in [-0.2, -0.15) is 5.10 Å². The number of benzene rings is 3. The summed E-state index contributed by atoms with van der Waals surface area (Å²) in [6.45, 7) is 3.88. The third kappa shape index (κ3) is 4.08. The summed E-state index contributed by atoms with van der Waals surface area (Å²) in [5, 5.41) is 16.6. The maximum Gasteiger partial charge on any atom is 0.232 e. The van der Waals surface area contributed by atoms with Gasteiger partial charge in [0, 0.05) is 11.3 Å². The third-order valence-corrected chi connectivity index (χ3v) is 6.62. The normalized spacial score (nSPS) is 12.6. The topological polar surface area (TPSA) is 72.7 Å². The second-order valence-corrected chi connectivity index (χ2v) is 9.45. The van der Waals surface area contributed by atoms with Gasteiger partial charge in [0.25, 0.3) is 0 Å². The van der Waals surface area contributed by atoms with Crippen LogP contribution >= 0.6 is 11.3 Å². The molecule has 6 nitrogen and oxygen atoms in total. The van der Waals surface area contributed by atoms with Crippen molar-refractivity contribution in [2.24, 2.45) is 5.41 Å². The highest BCUT2D eigenvalue weighted by Crippen LogP contribution is 2.42. The van der Waals surface area contributed by atoms with Gasteiger partial charge in [-0.25, -0.2) is 9.07 Å². The first-order valence-corrected chi connectivity index (χ1v) is 11.7. The SMILES string of the molecule is CC(C)(C(=O)Nc1nncs1)[C@H](c1ccccc1)c1ccc2c(cnn2-c2ccc(F)cc2)c1. The molecule has 0 fully saturated rings. The minimum absolute atomic E-state index is 0.139. The van der Waals surface area contributed by atoms with Crippen LogP contribution < -0.4 is 5.32 Å². The fourth-order valence-corrected chi connectivity index (χ4v) is 4.75. The fraction of sp³-hybridized carbons (Fsp3) is 0.154. The summed E-state index contributed by atoms with van der Waals surface area (Å²) < 4.78 is 15.2. The van der Waals surface area contributed by atoms with Crippen molar-refractivity contribution in [3.63, 3.8) is 0 Å². The maximum atomic E-state index is 13.4. The summed E-state index contributed by atoms with van der Waals surface area (Å²) in [7, 11) is 0. The van der Waals surface area contributed by atoms with Crippen LogP contribution in [0, 0.1) is 11.2 Å². The zero-order valence-electron chi connectivity index (χ0n) is 18.6. The molecule has 5 aromatic rings. The summed E-state index contributed by atoms with van der Waals surface area (Å²) in [6, 6.07) is 22.3. The predicted molar refractivity (Wildman–Crippen MR) is 132 cm³/mol. The monoisotopic (exact) mass is 471 g/mol. The van der Waals surface area contributed by atoms with Crippen molar-refractivity contribution < 1.29 is 9.18 Å². The molecule has 5 rings (SSSR count). The highest BCUT2D eigenvalue weighted by molar-refractivity contribution is 7.13. The van der Waals surface area contributed by atoms with Crippen molar-refractivity contribution in [2.75, 3.05) is 5.32 Å². The number of hydrogen-bond acceptors (Lipinski definition) is 5. The van der Waals surface area contributed by atoms with Gasteiger partial charge in [0.2, 0.25) is 11.0 Å². The van der Waals surface area contributed by atoms with Gasteiger partial charge in [-0.05, 0) is 47.5 Å². The average molecular weight is 472 g/mol. The Hall–Kier alpha value is -3.91. The molecule has 0 unspecified atom stereocenters. The molecule has 1 amide bonds. The number of nitrogens with one attached hydrogen (secondary N) is 1. The van der Waals surface area contributed by atoms with Gasteiger partial charge in [-0.1, -0.05) is 61.6 Å². The van der Waals surface area contributed by atoms with E-state index in [0.29, 0.717) is 5.13 Å². The minimum atomic E-state index is -0.798. The molecule has 0 radical (unpaired) electrons. The Morgan fingerprint density at radius 2 is 1.79 bits per heavy atom. The summed E-state index contributed by atoms with van der Waals surface area (Å²) in [5.41, 5.74) is 4.50. The van der Waals surface area contributed by atoms with Gasteiger partial charge in [-0.3, -0.25) is 4.79 Å². The zero-order valence-corrected chi connectivity index (χ0v) is 19.5. The van der Waals surface area contributed by atoms with Gasteiger partial charge < -0.3 is 5.32 Å². The highest BCUT2D eigenvalue weighted by atomic mass is 32.1. The summed E-state index contributed by atoms with van der Waals surface area (Å²) >= 11 is 1.29. The van der Waals surface area contributed by atoms with E-state index >= 15 is 0 Å². The maximum absolute atomic E-state index is 13.4. The van der Waals surface area contributed by atoms with Crippen LogP contribution in [0.5, 0.6) is 0 Å². The average Bonchev–Trinajstić information content (AvgIpc) is 3.50. The van der Waals surface area contributed by atoms with Gasteiger partial charge in [0.15, 0.2) is 0 Å². The first-order valence-electron chi connectivity index (χ1n) is 10.8. The van der Waals surface area contributed by atoms with Crippen molar-refractivity contribution in [2.45, 2.75) is 19.8 Å². The fourth-order valence-electron chi connectivity index (χ4n) is 4.31. The van der Waals surface area contributed by atoms with E-state index in [4.69, 9.17) is 0 Å². The smallest absolute Gasteiger partial charge is 0.232 e.